The highest BCUT2D eigenvalue weighted by molar-refractivity contribution is 7.20. The largest absolute Gasteiger partial charge is 0.497 e. The molecule has 1 aliphatic rings. The summed E-state index contributed by atoms with van der Waals surface area (Å²) < 4.78 is 12.5. The molecule has 0 saturated carbocycles. The fraction of sp³-hybridized carbons (Fsp3) is 0.259. The van der Waals surface area contributed by atoms with Gasteiger partial charge in [0.1, 0.15) is 11.9 Å². The van der Waals surface area contributed by atoms with Gasteiger partial charge in [-0.05, 0) is 34.9 Å². The highest BCUT2D eigenvalue weighted by atomic mass is 32.1. The summed E-state index contributed by atoms with van der Waals surface area (Å²) in [6.07, 6.45) is 2.15. The highest BCUT2D eigenvalue weighted by Gasteiger charge is 2.25. The first kappa shape index (κ1) is 21.5. The van der Waals surface area contributed by atoms with E-state index in [-0.39, 0.29) is 12.0 Å². The zero-order valence-electron chi connectivity index (χ0n) is 18.6. The number of benzene rings is 3. The number of ether oxygens (including phenoxy) is 2. The van der Waals surface area contributed by atoms with Crippen molar-refractivity contribution in [2.24, 2.45) is 0 Å². The molecular formula is C27H26N2O3S. The Bertz CT molecular complexity index is 1230. The van der Waals surface area contributed by atoms with Crippen LogP contribution in [0.25, 0.3) is 21.3 Å². The quantitative estimate of drug-likeness (QED) is 0.378. The lowest BCUT2D eigenvalue weighted by molar-refractivity contribution is -0.132. The predicted octanol–water partition coefficient (Wildman–Crippen LogP) is 5.58. The van der Waals surface area contributed by atoms with E-state index in [4.69, 9.17) is 9.47 Å². The number of likely N-dealkylation sites (tertiary alicyclic amines) is 1. The number of aromatic nitrogens is 1. The molecule has 0 bridgehead atoms. The number of nitrogens with zero attached hydrogens (tertiary/aromatic N) is 2. The van der Waals surface area contributed by atoms with Crippen LogP contribution in [0, 0.1) is 0 Å². The average Bonchev–Trinajstić information content (AvgIpc) is 3.27. The van der Waals surface area contributed by atoms with Gasteiger partial charge < -0.3 is 14.4 Å². The number of methoxy groups -OCH3 is 1. The van der Waals surface area contributed by atoms with E-state index in [9.17, 15) is 4.79 Å². The van der Waals surface area contributed by atoms with Crippen LogP contribution >= 0.6 is 11.3 Å². The van der Waals surface area contributed by atoms with E-state index >= 15 is 0 Å². The molecule has 0 spiro atoms. The SMILES string of the molecule is COc1ccc2nc(OC3CCN(C(=O)Cc4ccc(-c5ccccc5)cc4)CC3)sc2c1. The number of carbonyl (C=O) groups excluding carboxylic acids is 1. The minimum absolute atomic E-state index is 0.0849. The smallest absolute Gasteiger partial charge is 0.274 e. The number of piperidine rings is 1. The van der Waals surface area contributed by atoms with Crippen LogP contribution in [0.2, 0.25) is 0 Å². The number of carbonyl (C=O) groups is 1. The minimum atomic E-state index is 0.0849. The molecule has 1 aliphatic heterocycles. The molecule has 1 saturated heterocycles. The van der Waals surface area contributed by atoms with Gasteiger partial charge in [0.2, 0.25) is 5.91 Å². The molecule has 3 aromatic carbocycles. The Balaban J connectivity index is 1.14. The van der Waals surface area contributed by atoms with Crippen molar-refractivity contribution in [2.75, 3.05) is 20.2 Å². The molecule has 0 atom stereocenters. The van der Waals surface area contributed by atoms with Crippen molar-refractivity contribution in [3.63, 3.8) is 0 Å². The molecule has 5 nitrogen and oxygen atoms in total. The van der Waals surface area contributed by atoms with Gasteiger partial charge in [-0.15, -0.1) is 0 Å². The molecule has 0 N–H and O–H groups in total. The van der Waals surface area contributed by atoms with Crippen LogP contribution in [0.4, 0.5) is 0 Å². The zero-order chi connectivity index (χ0) is 22.6. The Morgan fingerprint density at radius 2 is 1.73 bits per heavy atom. The normalized spacial score (nSPS) is 14.4. The molecule has 33 heavy (non-hydrogen) atoms. The van der Waals surface area contributed by atoms with Crippen LogP contribution in [0.1, 0.15) is 18.4 Å². The summed E-state index contributed by atoms with van der Waals surface area (Å²) in [6, 6.07) is 24.4. The van der Waals surface area contributed by atoms with Crippen LogP contribution in [0.15, 0.2) is 72.8 Å². The van der Waals surface area contributed by atoms with Crippen LogP contribution in [-0.4, -0.2) is 42.1 Å². The first-order chi connectivity index (χ1) is 16.2. The van der Waals surface area contributed by atoms with Crippen molar-refractivity contribution >= 4 is 27.5 Å². The Kier molecular flexibility index (Phi) is 6.26. The molecule has 1 fully saturated rings. The van der Waals surface area contributed by atoms with Gasteiger partial charge in [0.25, 0.3) is 5.19 Å². The van der Waals surface area contributed by atoms with Crippen molar-refractivity contribution in [1.82, 2.24) is 9.88 Å². The van der Waals surface area contributed by atoms with Crippen LogP contribution in [-0.2, 0) is 11.2 Å². The molecule has 0 unspecified atom stereocenters. The molecule has 5 rings (SSSR count). The number of rotatable bonds is 6. The maximum atomic E-state index is 12.8. The summed E-state index contributed by atoms with van der Waals surface area (Å²) in [5.74, 6) is 0.993. The number of amides is 1. The topological polar surface area (TPSA) is 51.7 Å². The lowest BCUT2D eigenvalue weighted by Gasteiger charge is -2.31. The van der Waals surface area contributed by atoms with Crippen molar-refractivity contribution in [1.29, 1.82) is 0 Å². The van der Waals surface area contributed by atoms with Crippen molar-refractivity contribution < 1.29 is 14.3 Å². The van der Waals surface area contributed by atoms with E-state index in [1.165, 1.54) is 16.9 Å². The molecule has 1 amide bonds. The summed E-state index contributed by atoms with van der Waals surface area (Å²) in [5, 5.41) is 0.682. The molecule has 0 radical (unpaired) electrons. The van der Waals surface area contributed by atoms with Crippen LogP contribution in [0.5, 0.6) is 10.9 Å². The van der Waals surface area contributed by atoms with Gasteiger partial charge in [0, 0.05) is 25.9 Å². The third-order valence-electron chi connectivity index (χ3n) is 6.05. The van der Waals surface area contributed by atoms with Crippen molar-refractivity contribution in [3.8, 4) is 22.1 Å². The summed E-state index contributed by atoms with van der Waals surface area (Å²) in [5.41, 5.74) is 4.31. The Hall–Kier alpha value is -3.38. The van der Waals surface area contributed by atoms with E-state index < -0.39 is 0 Å². The van der Waals surface area contributed by atoms with E-state index in [1.54, 1.807) is 7.11 Å². The van der Waals surface area contributed by atoms with E-state index in [0.29, 0.717) is 24.7 Å². The van der Waals surface area contributed by atoms with E-state index in [1.807, 2.05) is 41.3 Å². The summed E-state index contributed by atoms with van der Waals surface area (Å²) in [4.78, 5) is 19.4. The number of fused-ring (bicyclic) bond motifs is 1. The van der Waals surface area contributed by atoms with Gasteiger partial charge in [0.15, 0.2) is 0 Å². The van der Waals surface area contributed by atoms with Crippen molar-refractivity contribution in [3.05, 3.63) is 78.4 Å². The minimum Gasteiger partial charge on any atom is -0.497 e. The Morgan fingerprint density at radius 1 is 1.00 bits per heavy atom. The first-order valence-electron chi connectivity index (χ1n) is 11.2. The van der Waals surface area contributed by atoms with Gasteiger partial charge >= 0.3 is 0 Å². The third kappa shape index (κ3) is 5.01. The maximum Gasteiger partial charge on any atom is 0.274 e. The second-order valence-corrected chi connectivity index (χ2v) is 9.24. The first-order valence-corrected chi connectivity index (χ1v) is 12.0. The Morgan fingerprint density at radius 3 is 2.45 bits per heavy atom. The fourth-order valence-electron chi connectivity index (χ4n) is 4.16. The molecule has 4 aromatic rings. The molecular weight excluding hydrogens is 432 g/mol. The van der Waals surface area contributed by atoms with Crippen LogP contribution < -0.4 is 9.47 Å². The molecule has 0 aliphatic carbocycles. The second-order valence-electron chi connectivity index (χ2n) is 8.25. The van der Waals surface area contributed by atoms with Crippen molar-refractivity contribution in [2.45, 2.75) is 25.4 Å². The Labute approximate surface area is 197 Å². The zero-order valence-corrected chi connectivity index (χ0v) is 19.4. The van der Waals surface area contributed by atoms with E-state index in [2.05, 4.69) is 41.4 Å². The highest BCUT2D eigenvalue weighted by Crippen LogP contribution is 2.32. The predicted molar refractivity (Wildman–Crippen MR) is 132 cm³/mol. The standard InChI is InChI=1S/C27H26N2O3S/c1-31-23-11-12-24-25(18-23)33-27(28-24)32-22-13-15-29(16-14-22)26(30)17-19-7-9-21(10-8-19)20-5-3-2-4-6-20/h2-12,18,22H,13-17H2,1H3. The summed E-state index contributed by atoms with van der Waals surface area (Å²) >= 11 is 1.53. The lowest BCUT2D eigenvalue weighted by atomic mass is 10.0. The summed E-state index contributed by atoms with van der Waals surface area (Å²) in [7, 11) is 1.66. The average molecular weight is 459 g/mol. The number of hydrogen-bond donors (Lipinski definition) is 0. The van der Waals surface area contributed by atoms with Crippen LogP contribution in [0.3, 0.4) is 0 Å². The van der Waals surface area contributed by atoms with Gasteiger partial charge in [-0.25, -0.2) is 4.98 Å². The fourth-order valence-corrected chi connectivity index (χ4v) is 5.07. The number of hydrogen-bond acceptors (Lipinski definition) is 5. The van der Waals surface area contributed by atoms with Gasteiger partial charge in [-0.2, -0.15) is 0 Å². The second kappa shape index (κ2) is 9.63. The molecule has 2 heterocycles. The van der Waals surface area contributed by atoms with Gasteiger partial charge in [0.05, 0.1) is 23.7 Å². The molecule has 168 valence electrons. The maximum absolute atomic E-state index is 12.8. The third-order valence-corrected chi connectivity index (χ3v) is 6.96. The van der Waals surface area contributed by atoms with Gasteiger partial charge in [-0.1, -0.05) is 65.9 Å². The molecule has 6 heteroatoms. The lowest BCUT2D eigenvalue weighted by Crippen LogP contribution is -2.42. The van der Waals surface area contributed by atoms with Gasteiger partial charge in [-0.3, -0.25) is 4.79 Å². The van der Waals surface area contributed by atoms with E-state index in [0.717, 1.165) is 39.9 Å². The monoisotopic (exact) mass is 458 g/mol. The molecule has 1 aromatic heterocycles. The number of thiazole rings is 1. The summed E-state index contributed by atoms with van der Waals surface area (Å²) in [6.45, 7) is 1.43.